The highest BCUT2D eigenvalue weighted by atomic mass is 32.2. The van der Waals surface area contributed by atoms with Gasteiger partial charge in [0.15, 0.2) is 5.03 Å². The molecule has 0 amide bonds. The predicted molar refractivity (Wildman–Crippen MR) is 67.7 cm³/mol. The van der Waals surface area contributed by atoms with Gasteiger partial charge in [-0.3, -0.25) is 0 Å². The van der Waals surface area contributed by atoms with Crippen LogP contribution >= 0.6 is 0 Å². The summed E-state index contributed by atoms with van der Waals surface area (Å²) in [5.41, 5.74) is 0. The van der Waals surface area contributed by atoms with Crippen molar-refractivity contribution < 1.29 is 8.42 Å². The SMILES string of the molecule is CCc1ncc(S(=O)(=O)NCc2nncn2CC)[nH]1. The van der Waals surface area contributed by atoms with Crippen LogP contribution in [-0.2, 0) is 29.5 Å². The van der Waals surface area contributed by atoms with Crippen molar-refractivity contribution in [3.8, 4) is 0 Å². The van der Waals surface area contributed by atoms with Gasteiger partial charge < -0.3 is 9.55 Å². The van der Waals surface area contributed by atoms with Crippen LogP contribution < -0.4 is 4.72 Å². The fourth-order valence-corrected chi connectivity index (χ4v) is 2.50. The van der Waals surface area contributed by atoms with E-state index in [1.165, 1.54) is 6.20 Å². The molecule has 0 saturated carbocycles. The molecule has 2 heterocycles. The van der Waals surface area contributed by atoms with E-state index in [-0.39, 0.29) is 11.6 Å². The molecule has 0 fully saturated rings. The largest absolute Gasteiger partial charge is 0.332 e. The standard InChI is InChI=1S/C10H16N6O2S/c1-3-8-11-6-10(14-8)19(17,18)13-5-9-15-12-7-16(9)4-2/h6-7,13H,3-5H2,1-2H3,(H,11,14). The van der Waals surface area contributed by atoms with Crippen molar-refractivity contribution in [2.45, 2.75) is 38.4 Å². The minimum atomic E-state index is -3.60. The van der Waals surface area contributed by atoms with Crippen LogP contribution in [0.25, 0.3) is 0 Å². The third kappa shape index (κ3) is 2.99. The second-order valence-electron chi connectivity index (χ2n) is 3.91. The highest BCUT2D eigenvalue weighted by Gasteiger charge is 2.17. The quantitative estimate of drug-likeness (QED) is 0.780. The Bertz CT molecular complexity index is 645. The van der Waals surface area contributed by atoms with E-state index in [2.05, 4.69) is 24.9 Å². The van der Waals surface area contributed by atoms with Crippen molar-refractivity contribution in [1.82, 2.24) is 29.5 Å². The molecule has 0 radical (unpaired) electrons. The highest BCUT2D eigenvalue weighted by Crippen LogP contribution is 2.06. The summed E-state index contributed by atoms with van der Waals surface area (Å²) in [4.78, 5) is 6.73. The van der Waals surface area contributed by atoms with Gasteiger partial charge in [0.05, 0.1) is 12.7 Å². The molecule has 9 heteroatoms. The molecule has 2 rings (SSSR count). The number of hydrogen-bond acceptors (Lipinski definition) is 5. The number of nitrogens with one attached hydrogen (secondary N) is 2. The van der Waals surface area contributed by atoms with Crippen LogP contribution in [0.1, 0.15) is 25.5 Å². The van der Waals surface area contributed by atoms with Gasteiger partial charge in [0.25, 0.3) is 10.0 Å². The molecule has 0 aliphatic carbocycles. The molecule has 0 aliphatic heterocycles. The fourth-order valence-electron chi connectivity index (χ4n) is 1.58. The Labute approximate surface area is 111 Å². The van der Waals surface area contributed by atoms with Crippen LogP contribution in [-0.4, -0.2) is 33.2 Å². The van der Waals surface area contributed by atoms with E-state index >= 15 is 0 Å². The molecular formula is C10H16N6O2S. The summed E-state index contributed by atoms with van der Waals surface area (Å²) in [5, 5.41) is 7.67. The predicted octanol–water partition coefficient (Wildman–Crippen LogP) is 0.0620. The minimum Gasteiger partial charge on any atom is -0.332 e. The normalized spacial score (nSPS) is 11.9. The van der Waals surface area contributed by atoms with E-state index < -0.39 is 10.0 Å². The van der Waals surface area contributed by atoms with E-state index in [1.54, 1.807) is 10.9 Å². The van der Waals surface area contributed by atoms with Crippen molar-refractivity contribution in [3.63, 3.8) is 0 Å². The van der Waals surface area contributed by atoms with Crippen LogP contribution in [0, 0.1) is 0 Å². The van der Waals surface area contributed by atoms with E-state index in [0.717, 1.165) is 0 Å². The summed E-state index contributed by atoms with van der Waals surface area (Å²) < 4.78 is 28.3. The number of H-pyrrole nitrogens is 1. The number of hydrogen-bond donors (Lipinski definition) is 2. The van der Waals surface area contributed by atoms with Crippen molar-refractivity contribution in [2.24, 2.45) is 0 Å². The molecule has 2 aromatic heterocycles. The molecule has 0 aromatic carbocycles. The number of imidazole rings is 1. The third-order valence-electron chi connectivity index (χ3n) is 2.69. The lowest BCUT2D eigenvalue weighted by atomic mass is 10.5. The molecule has 0 bridgehead atoms. The van der Waals surface area contributed by atoms with Gasteiger partial charge in [-0.05, 0) is 6.92 Å². The molecule has 0 saturated heterocycles. The smallest absolute Gasteiger partial charge is 0.258 e. The first kappa shape index (κ1) is 13.7. The maximum atomic E-state index is 12.0. The topological polar surface area (TPSA) is 106 Å². The van der Waals surface area contributed by atoms with E-state index in [1.807, 2.05) is 13.8 Å². The monoisotopic (exact) mass is 284 g/mol. The van der Waals surface area contributed by atoms with E-state index in [4.69, 9.17) is 0 Å². The second-order valence-corrected chi connectivity index (χ2v) is 5.64. The molecule has 2 N–H and O–H groups in total. The van der Waals surface area contributed by atoms with Gasteiger partial charge in [0, 0.05) is 13.0 Å². The molecule has 0 aliphatic rings. The van der Waals surface area contributed by atoms with Crippen LogP contribution in [0.4, 0.5) is 0 Å². The first-order valence-electron chi connectivity index (χ1n) is 5.97. The Morgan fingerprint density at radius 3 is 2.84 bits per heavy atom. The number of aryl methyl sites for hydroxylation is 2. The lowest BCUT2D eigenvalue weighted by molar-refractivity contribution is 0.571. The fraction of sp³-hybridized carbons (Fsp3) is 0.500. The van der Waals surface area contributed by atoms with Gasteiger partial charge in [-0.15, -0.1) is 10.2 Å². The van der Waals surface area contributed by atoms with E-state index in [9.17, 15) is 8.42 Å². The van der Waals surface area contributed by atoms with Crippen molar-refractivity contribution in [1.29, 1.82) is 0 Å². The van der Waals surface area contributed by atoms with Gasteiger partial charge in [-0.25, -0.2) is 18.1 Å². The summed E-state index contributed by atoms with van der Waals surface area (Å²) in [6.07, 6.45) is 3.53. The average Bonchev–Trinajstić information content (AvgIpc) is 3.05. The van der Waals surface area contributed by atoms with Crippen LogP contribution in [0.2, 0.25) is 0 Å². The first-order chi connectivity index (χ1) is 9.06. The lowest BCUT2D eigenvalue weighted by Gasteiger charge is -2.05. The van der Waals surface area contributed by atoms with Crippen molar-refractivity contribution in [2.75, 3.05) is 0 Å². The molecule has 104 valence electrons. The van der Waals surface area contributed by atoms with E-state index in [0.29, 0.717) is 24.6 Å². The molecule has 2 aromatic rings. The van der Waals surface area contributed by atoms with Gasteiger partial charge in [0.1, 0.15) is 18.0 Å². The molecule has 0 spiro atoms. The second kappa shape index (κ2) is 5.49. The van der Waals surface area contributed by atoms with Crippen molar-refractivity contribution in [3.05, 3.63) is 24.2 Å². The molecular weight excluding hydrogens is 268 g/mol. The lowest BCUT2D eigenvalue weighted by Crippen LogP contribution is -2.25. The summed E-state index contributed by atoms with van der Waals surface area (Å²) in [6.45, 7) is 4.61. The summed E-state index contributed by atoms with van der Waals surface area (Å²) in [6, 6.07) is 0. The van der Waals surface area contributed by atoms with Crippen LogP contribution in [0.15, 0.2) is 17.6 Å². The third-order valence-corrected chi connectivity index (χ3v) is 4.00. The van der Waals surface area contributed by atoms with Gasteiger partial charge in [0.2, 0.25) is 0 Å². The zero-order valence-corrected chi connectivity index (χ0v) is 11.6. The number of aromatic amines is 1. The summed E-state index contributed by atoms with van der Waals surface area (Å²) in [7, 11) is -3.60. The highest BCUT2D eigenvalue weighted by molar-refractivity contribution is 7.89. The Hall–Kier alpha value is -1.74. The molecule has 8 nitrogen and oxygen atoms in total. The molecule has 0 atom stereocenters. The Morgan fingerprint density at radius 2 is 2.21 bits per heavy atom. The minimum absolute atomic E-state index is 0.0620. The van der Waals surface area contributed by atoms with Gasteiger partial charge in [-0.2, -0.15) is 0 Å². The van der Waals surface area contributed by atoms with Gasteiger partial charge in [-0.1, -0.05) is 6.92 Å². The summed E-state index contributed by atoms with van der Waals surface area (Å²) >= 11 is 0. The zero-order chi connectivity index (χ0) is 13.9. The average molecular weight is 284 g/mol. The maximum absolute atomic E-state index is 12.0. The Morgan fingerprint density at radius 1 is 1.42 bits per heavy atom. The first-order valence-corrected chi connectivity index (χ1v) is 7.45. The van der Waals surface area contributed by atoms with Crippen molar-refractivity contribution >= 4 is 10.0 Å². The number of nitrogens with zero attached hydrogens (tertiary/aromatic N) is 4. The van der Waals surface area contributed by atoms with Gasteiger partial charge >= 0.3 is 0 Å². The number of rotatable bonds is 6. The number of sulfonamides is 1. The maximum Gasteiger partial charge on any atom is 0.258 e. The summed E-state index contributed by atoms with van der Waals surface area (Å²) in [5.74, 6) is 1.21. The molecule has 0 unspecified atom stereocenters. The Balaban J connectivity index is 2.09. The van der Waals surface area contributed by atoms with Crippen LogP contribution in [0.5, 0.6) is 0 Å². The Kier molecular flexibility index (Phi) is 3.96. The number of aromatic nitrogens is 5. The molecule has 19 heavy (non-hydrogen) atoms. The zero-order valence-electron chi connectivity index (χ0n) is 10.8. The van der Waals surface area contributed by atoms with Crippen LogP contribution in [0.3, 0.4) is 0 Å².